The molecule has 0 aliphatic carbocycles. The Morgan fingerprint density at radius 3 is 2.50 bits per heavy atom. The lowest BCUT2D eigenvalue weighted by Crippen LogP contribution is -2.02. The summed E-state index contributed by atoms with van der Waals surface area (Å²) in [6, 6.07) is 3.57. The van der Waals surface area contributed by atoms with Crippen LogP contribution in [0.5, 0.6) is 0 Å². The van der Waals surface area contributed by atoms with E-state index in [1.165, 1.54) is 0 Å². The van der Waals surface area contributed by atoms with Crippen LogP contribution in [-0.2, 0) is 0 Å². The fourth-order valence-electron chi connectivity index (χ4n) is 1.46. The minimum Gasteiger partial charge on any atom is -0.398 e. The van der Waals surface area contributed by atoms with Gasteiger partial charge in [0.15, 0.2) is 0 Å². The van der Waals surface area contributed by atoms with E-state index < -0.39 is 0 Å². The Morgan fingerprint density at radius 2 is 1.79 bits per heavy atom. The van der Waals surface area contributed by atoms with Gasteiger partial charge >= 0.3 is 0 Å². The Balaban J connectivity index is 2.95. The zero-order valence-corrected chi connectivity index (χ0v) is 7.78. The number of hydrogen-bond acceptors (Lipinski definition) is 5. The molecule has 5 nitrogen and oxygen atoms in total. The van der Waals surface area contributed by atoms with Gasteiger partial charge in [-0.3, -0.25) is 0 Å². The number of rotatable bonds is 0. The summed E-state index contributed by atoms with van der Waals surface area (Å²) in [5.74, 6) is 0.552. The molecule has 0 fully saturated rings. The summed E-state index contributed by atoms with van der Waals surface area (Å²) in [5, 5.41) is 0.777. The number of nitrogens with two attached hydrogens (primary N) is 3. The Hall–Kier alpha value is -2.04. The SMILES string of the molecule is Cc1c(N)ccc2nc(N)nc(N)c12. The van der Waals surface area contributed by atoms with Crippen molar-refractivity contribution in [2.75, 3.05) is 17.2 Å². The van der Waals surface area contributed by atoms with Crippen LogP contribution in [0, 0.1) is 6.92 Å². The molecule has 14 heavy (non-hydrogen) atoms. The fraction of sp³-hybridized carbons (Fsp3) is 0.111. The van der Waals surface area contributed by atoms with E-state index in [0.717, 1.165) is 16.5 Å². The maximum atomic E-state index is 5.75. The van der Waals surface area contributed by atoms with Gasteiger partial charge in [-0.15, -0.1) is 0 Å². The van der Waals surface area contributed by atoms with Gasteiger partial charge in [0.2, 0.25) is 5.95 Å². The molecule has 2 rings (SSSR count). The van der Waals surface area contributed by atoms with Crippen molar-refractivity contribution >= 4 is 28.4 Å². The largest absolute Gasteiger partial charge is 0.398 e. The molecule has 0 radical (unpaired) electrons. The highest BCUT2D eigenvalue weighted by atomic mass is 15.0. The molecule has 0 aliphatic rings. The third kappa shape index (κ3) is 1.10. The monoisotopic (exact) mass is 189 g/mol. The molecule has 1 aromatic heterocycles. The summed E-state index contributed by atoms with van der Waals surface area (Å²) in [6.07, 6.45) is 0. The fourth-order valence-corrected chi connectivity index (χ4v) is 1.46. The van der Waals surface area contributed by atoms with Crippen LogP contribution in [0.2, 0.25) is 0 Å². The Labute approximate surface area is 80.9 Å². The molecule has 2 aromatic rings. The van der Waals surface area contributed by atoms with Crippen LogP contribution in [0.3, 0.4) is 0 Å². The third-order valence-corrected chi connectivity index (χ3v) is 2.21. The van der Waals surface area contributed by atoms with Crippen molar-refractivity contribution in [3.8, 4) is 0 Å². The zero-order valence-electron chi connectivity index (χ0n) is 7.78. The van der Waals surface area contributed by atoms with E-state index in [1.54, 1.807) is 12.1 Å². The van der Waals surface area contributed by atoms with E-state index in [9.17, 15) is 0 Å². The molecule has 0 atom stereocenters. The van der Waals surface area contributed by atoms with Gasteiger partial charge in [-0.1, -0.05) is 0 Å². The van der Waals surface area contributed by atoms with Gasteiger partial charge in [-0.2, -0.15) is 4.98 Å². The Bertz CT molecular complexity index is 506. The van der Waals surface area contributed by atoms with Crippen LogP contribution in [0.4, 0.5) is 17.5 Å². The number of nitrogens with zero attached hydrogens (tertiary/aromatic N) is 2. The predicted octanol–water partition coefficient (Wildman–Crippen LogP) is 0.685. The number of aryl methyl sites for hydroxylation is 1. The summed E-state index contributed by atoms with van der Waals surface area (Å²) in [5.41, 5.74) is 19.3. The number of aromatic nitrogens is 2. The van der Waals surface area contributed by atoms with Crippen LogP contribution in [-0.4, -0.2) is 9.97 Å². The van der Waals surface area contributed by atoms with Gasteiger partial charge in [0.05, 0.1) is 5.52 Å². The molecule has 0 saturated heterocycles. The number of benzene rings is 1. The number of anilines is 3. The Kier molecular flexibility index (Phi) is 1.67. The molecular weight excluding hydrogens is 178 g/mol. The van der Waals surface area contributed by atoms with Crippen LogP contribution in [0.25, 0.3) is 10.9 Å². The first-order chi connectivity index (χ1) is 6.59. The first-order valence-electron chi connectivity index (χ1n) is 4.17. The average Bonchev–Trinajstić information content (AvgIpc) is 2.10. The third-order valence-electron chi connectivity index (χ3n) is 2.21. The van der Waals surface area contributed by atoms with E-state index in [0.29, 0.717) is 11.5 Å². The normalized spacial score (nSPS) is 10.6. The summed E-state index contributed by atoms with van der Waals surface area (Å²) in [4.78, 5) is 7.96. The van der Waals surface area contributed by atoms with Gasteiger partial charge in [-0.05, 0) is 24.6 Å². The standard InChI is InChI=1S/C9H11N5/c1-4-5(10)2-3-6-7(4)8(11)14-9(12)13-6/h2-3H,10H2,1H3,(H4,11,12,13,14). The van der Waals surface area contributed by atoms with E-state index in [1.807, 2.05) is 6.92 Å². The molecule has 72 valence electrons. The molecule has 5 heteroatoms. The first-order valence-corrected chi connectivity index (χ1v) is 4.17. The molecule has 0 unspecified atom stereocenters. The Morgan fingerprint density at radius 1 is 1.07 bits per heavy atom. The highest BCUT2D eigenvalue weighted by molar-refractivity contribution is 5.94. The van der Waals surface area contributed by atoms with Gasteiger partial charge in [0.25, 0.3) is 0 Å². The lowest BCUT2D eigenvalue weighted by Gasteiger charge is -2.07. The van der Waals surface area contributed by atoms with Crippen molar-refractivity contribution in [1.29, 1.82) is 0 Å². The van der Waals surface area contributed by atoms with Gasteiger partial charge < -0.3 is 17.2 Å². The summed E-state index contributed by atoms with van der Waals surface area (Å²) in [7, 11) is 0. The van der Waals surface area contributed by atoms with Gasteiger partial charge in [0, 0.05) is 11.1 Å². The lowest BCUT2D eigenvalue weighted by molar-refractivity contribution is 1.24. The van der Waals surface area contributed by atoms with Crippen LogP contribution < -0.4 is 17.2 Å². The summed E-state index contributed by atoms with van der Waals surface area (Å²) < 4.78 is 0. The van der Waals surface area contributed by atoms with E-state index in [4.69, 9.17) is 17.2 Å². The quantitative estimate of drug-likeness (QED) is 0.529. The van der Waals surface area contributed by atoms with Crippen LogP contribution in [0.15, 0.2) is 12.1 Å². The van der Waals surface area contributed by atoms with Crippen molar-refractivity contribution in [2.45, 2.75) is 6.92 Å². The highest BCUT2D eigenvalue weighted by Crippen LogP contribution is 2.26. The predicted molar refractivity (Wildman–Crippen MR) is 57.5 cm³/mol. The van der Waals surface area contributed by atoms with Crippen LogP contribution >= 0.6 is 0 Å². The van der Waals surface area contributed by atoms with E-state index in [-0.39, 0.29) is 5.95 Å². The molecular formula is C9H11N5. The number of hydrogen-bond donors (Lipinski definition) is 3. The minimum absolute atomic E-state index is 0.180. The van der Waals surface area contributed by atoms with Crippen molar-refractivity contribution in [2.24, 2.45) is 0 Å². The maximum absolute atomic E-state index is 5.75. The summed E-state index contributed by atoms with van der Waals surface area (Å²) >= 11 is 0. The highest BCUT2D eigenvalue weighted by Gasteiger charge is 2.07. The van der Waals surface area contributed by atoms with Crippen molar-refractivity contribution in [1.82, 2.24) is 9.97 Å². The second-order valence-electron chi connectivity index (χ2n) is 3.14. The molecule has 0 spiro atoms. The smallest absolute Gasteiger partial charge is 0.222 e. The minimum atomic E-state index is 0.180. The zero-order chi connectivity index (χ0) is 10.3. The van der Waals surface area contributed by atoms with Crippen molar-refractivity contribution in [3.63, 3.8) is 0 Å². The second kappa shape index (κ2) is 2.73. The molecule has 0 saturated carbocycles. The first kappa shape index (κ1) is 8.55. The topological polar surface area (TPSA) is 104 Å². The number of nitrogen functional groups attached to an aromatic ring is 3. The molecule has 1 heterocycles. The number of fused-ring (bicyclic) bond motifs is 1. The molecule has 1 aromatic carbocycles. The van der Waals surface area contributed by atoms with E-state index in [2.05, 4.69) is 9.97 Å². The summed E-state index contributed by atoms with van der Waals surface area (Å²) in [6.45, 7) is 1.88. The van der Waals surface area contributed by atoms with Crippen molar-refractivity contribution < 1.29 is 0 Å². The lowest BCUT2D eigenvalue weighted by atomic mass is 10.1. The molecule has 0 bridgehead atoms. The van der Waals surface area contributed by atoms with E-state index >= 15 is 0 Å². The second-order valence-corrected chi connectivity index (χ2v) is 3.14. The molecule has 6 N–H and O–H groups in total. The maximum Gasteiger partial charge on any atom is 0.222 e. The van der Waals surface area contributed by atoms with Gasteiger partial charge in [-0.25, -0.2) is 4.98 Å². The van der Waals surface area contributed by atoms with Crippen molar-refractivity contribution in [3.05, 3.63) is 17.7 Å². The van der Waals surface area contributed by atoms with Crippen LogP contribution in [0.1, 0.15) is 5.56 Å². The van der Waals surface area contributed by atoms with Gasteiger partial charge in [0.1, 0.15) is 5.82 Å². The molecule has 0 amide bonds. The molecule has 0 aliphatic heterocycles. The average molecular weight is 189 g/mol.